The van der Waals surface area contributed by atoms with Crippen molar-refractivity contribution >= 4 is 34.7 Å². The largest absolute Gasteiger partial charge is 0.493 e. The molecule has 0 aliphatic carbocycles. The molecule has 2 aliphatic heterocycles. The number of nitrogens with zero attached hydrogens (tertiary/aromatic N) is 2. The zero-order chi connectivity index (χ0) is 26.5. The standard InChI is InChI=1S/C31H33N3O4/c1-22(35)25-20-23(14-15-29(25)38-19-9-18-33-16-7-2-8-17-33)21-30(36)34-27-12-5-3-10-24(27)31(37)32-26-11-4-6-13-28(26)34/h3-6,10-15,20H,2,7-9,16-19,21H2,1H3,(H,32,37). The lowest BCUT2D eigenvalue weighted by Gasteiger charge is -2.26. The molecule has 0 radical (unpaired) electrons. The second-order valence-electron chi connectivity index (χ2n) is 9.89. The molecular formula is C31H33N3O4. The van der Waals surface area contributed by atoms with Crippen LogP contribution >= 0.6 is 0 Å². The predicted octanol–water partition coefficient (Wildman–Crippen LogP) is 5.62. The van der Waals surface area contributed by atoms with E-state index in [1.807, 2.05) is 30.3 Å². The fraction of sp³-hybridized carbons (Fsp3) is 0.323. The van der Waals surface area contributed by atoms with E-state index < -0.39 is 0 Å². The number of para-hydroxylation sites is 3. The summed E-state index contributed by atoms with van der Waals surface area (Å²) in [4.78, 5) is 43.1. The maximum atomic E-state index is 13.7. The van der Waals surface area contributed by atoms with Crippen LogP contribution in [0, 0.1) is 0 Å². The van der Waals surface area contributed by atoms with E-state index in [1.54, 1.807) is 41.3 Å². The molecule has 196 valence electrons. The van der Waals surface area contributed by atoms with Gasteiger partial charge in [0.25, 0.3) is 5.91 Å². The van der Waals surface area contributed by atoms with Gasteiger partial charge in [-0.1, -0.05) is 36.8 Å². The van der Waals surface area contributed by atoms with Gasteiger partial charge in [-0.25, -0.2) is 0 Å². The molecule has 5 rings (SSSR count). The van der Waals surface area contributed by atoms with Crippen molar-refractivity contribution in [1.29, 1.82) is 0 Å². The van der Waals surface area contributed by atoms with Crippen LogP contribution in [0.4, 0.5) is 17.1 Å². The Hall–Kier alpha value is -3.97. The first-order valence-corrected chi connectivity index (χ1v) is 13.3. The highest BCUT2D eigenvalue weighted by molar-refractivity contribution is 6.17. The number of likely N-dealkylation sites (tertiary alicyclic amines) is 1. The fourth-order valence-electron chi connectivity index (χ4n) is 5.22. The molecule has 0 saturated carbocycles. The fourth-order valence-corrected chi connectivity index (χ4v) is 5.22. The summed E-state index contributed by atoms with van der Waals surface area (Å²) < 4.78 is 6.00. The molecule has 0 aromatic heterocycles. The summed E-state index contributed by atoms with van der Waals surface area (Å²) in [6, 6.07) is 19.7. The lowest BCUT2D eigenvalue weighted by atomic mass is 10.0. The van der Waals surface area contributed by atoms with Gasteiger partial charge in [0, 0.05) is 6.54 Å². The van der Waals surface area contributed by atoms with E-state index >= 15 is 0 Å². The molecule has 3 aromatic rings. The number of ketones is 1. The van der Waals surface area contributed by atoms with E-state index in [0.717, 1.165) is 26.1 Å². The summed E-state index contributed by atoms with van der Waals surface area (Å²) in [7, 11) is 0. The number of hydrogen-bond donors (Lipinski definition) is 1. The monoisotopic (exact) mass is 511 g/mol. The predicted molar refractivity (Wildman–Crippen MR) is 149 cm³/mol. The first-order chi connectivity index (χ1) is 18.5. The highest BCUT2D eigenvalue weighted by atomic mass is 16.5. The van der Waals surface area contributed by atoms with Crippen LogP contribution in [0.3, 0.4) is 0 Å². The normalized spacial score (nSPS) is 15.2. The minimum Gasteiger partial charge on any atom is -0.493 e. The first-order valence-electron chi connectivity index (χ1n) is 13.3. The first kappa shape index (κ1) is 25.7. The van der Waals surface area contributed by atoms with Crippen LogP contribution in [0.25, 0.3) is 0 Å². The Morgan fingerprint density at radius 2 is 1.66 bits per heavy atom. The van der Waals surface area contributed by atoms with Crippen molar-refractivity contribution in [3.63, 3.8) is 0 Å². The van der Waals surface area contributed by atoms with Gasteiger partial charge in [-0.05, 0) is 81.2 Å². The van der Waals surface area contributed by atoms with Gasteiger partial charge in [0.15, 0.2) is 5.78 Å². The van der Waals surface area contributed by atoms with E-state index in [4.69, 9.17) is 4.74 Å². The van der Waals surface area contributed by atoms with E-state index in [9.17, 15) is 14.4 Å². The second kappa shape index (κ2) is 11.6. The average Bonchev–Trinajstić information content (AvgIpc) is 3.06. The number of anilines is 3. The molecule has 1 saturated heterocycles. The molecule has 0 bridgehead atoms. The van der Waals surface area contributed by atoms with Crippen LogP contribution < -0.4 is 15.0 Å². The number of carbonyl (C=O) groups excluding carboxylic acids is 3. The Labute approximate surface area is 223 Å². The Kier molecular flexibility index (Phi) is 7.84. The molecule has 2 heterocycles. The lowest BCUT2D eigenvalue weighted by molar-refractivity contribution is -0.117. The molecule has 7 nitrogen and oxygen atoms in total. The van der Waals surface area contributed by atoms with Gasteiger partial charge in [0.1, 0.15) is 5.75 Å². The number of Topliss-reactive ketones (excluding diaryl/α,β-unsaturated/α-hetero) is 1. The highest BCUT2D eigenvalue weighted by Crippen LogP contribution is 2.38. The van der Waals surface area contributed by atoms with Crippen LogP contribution in [0.1, 0.15) is 58.9 Å². The van der Waals surface area contributed by atoms with Gasteiger partial charge < -0.3 is 15.0 Å². The van der Waals surface area contributed by atoms with Gasteiger partial charge >= 0.3 is 0 Å². The van der Waals surface area contributed by atoms with Crippen molar-refractivity contribution < 1.29 is 19.1 Å². The number of benzene rings is 3. The summed E-state index contributed by atoms with van der Waals surface area (Å²) in [6.07, 6.45) is 4.80. The molecule has 38 heavy (non-hydrogen) atoms. The van der Waals surface area contributed by atoms with Crippen LogP contribution in [-0.2, 0) is 11.2 Å². The van der Waals surface area contributed by atoms with E-state index in [0.29, 0.717) is 46.1 Å². The van der Waals surface area contributed by atoms with Crippen LogP contribution in [0.2, 0.25) is 0 Å². The van der Waals surface area contributed by atoms with Gasteiger partial charge in [0.05, 0.1) is 41.2 Å². The minimum atomic E-state index is -0.260. The van der Waals surface area contributed by atoms with Crippen LogP contribution in [-0.4, -0.2) is 48.7 Å². The molecule has 1 N–H and O–H groups in total. The number of rotatable bonds is 8. The van der Waals surface area contributed by atoms with Crippen molar-refractivity contribution in [2.24, 2.45) is 0 Å². The zero-order valence-electron chi connectivity index (χ0n) is 21.7. The maximum absolute atomic E-state index is 13.7. The quantitative estimate of drug-likeness (QED) is 0.314. The van der Waals surface area contributed by atoms with E-state index in [-0.39, 0.29) is 24.0 Å². The number of nitrogens with one attached hydrogen (secondary N) is 1. The summed E-state index contributed by atoms with van der Waals surface area (Å²) in [5, 5.41) is 2.91. The molecule has 0 atom stereocenters. The molecule has 0 spiro atoms. The summed E-state index contributed by atoms with van der Waals surface area (Å²) in [6.45, 7) is 5.35. The van der Waals surface area contributed by atoms with Gasteiger partial charge in [-0.3, -0.25) is 19.3 Å². The molecule has 1 fully saturated rings. The second-order valence-corrected chi connectivity index (χ2v) is 9.89. The molecule has 2 amide bonds. The third kappa shape index (κ3) is 5.63. The number of piperidine rings is 1. The molecule has 0 unspecified atom stereocenters. The highest BCUT2D eigenvalue weighted by Gasteiger charge is 2.29. The summed E-state index contributed by atoms with van der Waals surface area (Å²) in [5.41, 5.74) is 3.31. The zero-order valence-corrected chi connectivity index (χ0v) is 21.7. The van der Waals surface area contributed by atoms with Gasteiger partial charge in [-0.2, -0.15) is 0 Å². The third-order valence-corrected chi connectivity index (χ3v) is 7.14. The number of fused-ring (bicyclic) bond motifs is 2. The van der Waals surface area contributed by atoms with E-state index in [1.165, 1.54) is 26.2 Å². The van der Waals surface area contributed by atoms with Crippen molar-refractivity contribution in [3.8, 4) is 5.75 Å². The Bertz CT molecular complexity index is 1350. The number of amides is 2. The molecule has 3 aromatic carbocycles. The number of ether oxygens (including phenoxy) is 1. The Morgan fingerprint density at radius 1 is 0.921 bits per heavy atom. The lowest BCUT2D eigenvalue weighted by Crippen LogP contribution is -2.31. The smallest absolute Gasteiger partial charge is 0.257 e. The van der Waals surface area contributed by atoms with Crippen molar-refractivity contribution in [2.45, 2.75) is 39.0 Å². The Morgan fingerprint density at radius 3 is 2.45 bits per heavy atom. The van der Waals surface area contributed by atoms with Gasteiger partial charge in [-0.15, -0.1) is 0 Å². The topological polar surface area (TPSA) is 79.0 Å². The van der Waals surface area contributed by atoms with E-state index in [2.05, 4.69) is 10.2 Å². The van der Waals surface area contributed by atoms with Crippen molar-refractivity contribution in [3.05, 3.63) is 83.4 Å². The Balaban J connectivity index is 1.34. The summed E-state index contributed by atoms with van der Waals surface area (Å²) in [5.74, 6) is -0.0201. The SMILES string of the molecule is CC(=O)c1cc(CC(=O)N2c3ccccc3NC(=O)c3ccccc32)ccc1OCCCN1CCCCC1. The third-order valence-electron chi connectivity index (χ3n) is 7.14. The number of carbonyl (C=O) groups is 3. The van der Waals surface area contributed by atoms with Crippen molar-refractivity contribution in [1.82, 2.24) is 4.90 Å². The summed E-state index contributed by atoms with van der Waals surface area (Å²) >= 11 is 0. The molecule has 2 aliphatic rings. The maximum Gasteiger partial charge on any atom is 0.257 e. The molecule has 7 heteroatoms. The number of hydrogen-bond acceptors (Lipinski definition) is 5. The minimum absolute atomic E-state index is 0.0619. The van der Waals surface area contributed by atoms with Crippen LogP contribution in [0.5, 0.6) is 5.75 Å². The van der Waals surface area contributed by atoms with Crippen LogP contribution in [0.15, 0.2) is 66.7 Å². The van der Waals surface area contributed by atoms with Gasteiger partial charge in [0.2, 0.25) is 5.91 Å². The van der Waals surface area contributed by atoms with Crippen molar-refractivity contribution in [2.75, 3.05) is 36.5 Å². The average molecular weight is 512 g/mol. The molecular weight excluding hydrogens is 478 g/mol.